The summed E-state index contributed by atoms with van der Waals surface area (Å²) in [6.45, 7) is 3.65. The van der Waals surface area contributed by atoms with Crippen LogP contribution in [0.15, 0.2) is 18.3 Å². The molecule has 1 N–H and O–H groups in total. The van der Waals surface area contributed by atoms with Crippen LogP contribution in [0.1, 0.15) is 25.8 Å². The molecule has 1 aromatic heterocycles. The van der Waals surface area contributed by atoms with Gasteiger partial charge in [0.1, 0.15) is 5.82 Å². The quantitative estimate of drug-likeness (QED) is 0.898. The summed E-state index contributed by atoms with van der Waals surface area (Å²) in [5.74, 6) is -0.872. The molecule has 1 rings (SSSR count). The first-order valence-electron chi connectivity index (χ1n) is 5.73. The molecule has 0 spiro atoms. The van der Waals surface area contributed by atoms with E-state index in [1.807, 2.05) is 0 Å². The third-order valence-corrected chi connectivity index (χ3v) is 2.56. The third-order valence-electron chi connectivity index (χ3n) is 2.56. The minimum atomic E-state index is -4.44. The van der Waals surface area contributed by atoms with Crippen LogP contribution in [0.2, 0.25) is 0 Å². The van der Waals surface area contributed by atoms with Crippen molar-refractivity contribution in [2.75, 3.05) is 11.4 Å². The molecule has 0 unspecified atom stereocenters. The number of hydrogen-bond donors (Lipinski definition) is 1. The summed E-state index contributed by atoms with van der Waals surface area (Å²) < 4.78 is 37.8. The zero-order valence-electron chi connectivity index (χ0n) is 10.6. The molecular formula is C12H15F3N2O2. The summed E-state index contributed by atoms with van der Waals surface area (Å²) in [6.07, 6.45) is -3.52. The topological polar surface area (TPSA) is 53.4 Å². The predicted molar refractivity (Wildman–Crippen MR) is 64.0 cm³/mol. The first-order chi connectivity index (χ1) is 8.71. The minimum absolute atomic E-state index is 0.112. The van der Waals surface area contributed by atoms with Gasteiger partial charge in [0.15, 0.2) is 0 Å². The van der Waals surface area contributed by atoms with Crippen molar-refractivity contribution in [3.63, 3.8) is 0 Å². The van der Waals surface area contributed by atoms with Crippen LogP contribution < -0.4 is 4.90 Å². The molecule has 1 heterocycles. The van der Waals surface area contributed by atoms with E-state index in [9.17, 15) is 18.0 Å². The van der Waals surface area contributed by atoms with Gasteiger partial charge < -0.3 is 10.0 Å². The number of rotatable bonds is 5. The van der Waals surface area contributed by atoms with Gasteiger partial charge in [-0.2, -0.15) is 13.2 Å². The van der Waals surface area contributed by atoms with Gasteiger partial charge in [-0.1, -0.05) is 0 Å². The maximum Gasteiger partial charge on any atom is 0.416 e. The molecule has 0 radical (unpaired) electrons. The number of carbonyl (C=O) groups is 1. The Labute approximate surface area is 108 Å². The SMILES string of the molecule is CC(C)N(CCC(=O)O)c1cc(C(F)(F)F)ccn1. The van der Waals surface area contributed by atoms with Crippen molar-refractivity contribution in [3.8, 4) is 0 Å². The maximum absolute atomic E-state index is 12.6. The summed E-state index contributed by atoms with van der Waals surface area (Å²) in [4.78, 5) is 16.0. The van der Waals surface area contributed by atoms with Crippen LogP contribution in [-0.4, -0.2) is 28.6 Å². The molecular weight excluding hydrogens is 261 g/mol. The van der Waals surface area contributed by atoms with Crippen molar-refractivity contribution in [2.45, 2.75) is 32.5 Å². The molecule has 0 aromatic carbocycles. The fraction of sp³-hybridized carbons (Fsp3) is 0.500. The average Bonchev–Trinajstić information content (AvgIpc) is 2.27. The summed E-state index contributed by atoms with van der Waals surface area (Å²) in [7, 11) is 0. The van der Waals surface area contributed by atoms with E-state index >= 15 is 0 Å². The highest BCUT2D eigenvalue weighted by molar-refractivity contribution is 5.67. The lowest BCUT2D eigenvalue weighted by Gasteiger charge is -2.27. The average molecular weight is 276 g/mol. The number of carboxylic acids is 1. The van der Waals surface area contributed by atoms with Crippen LogP contribution in [0, 0.1) is 0 Å². The first-order valence-corrected chi connectivity index (χ1v) is 5.73. The standard InChI is InChI=1S/C12H15F3N2O2/c1-8(2)17(6-4-11(18)19)10-7-9(3-5-16-10)12(13,14)15/h3,5,7-8H,4,6H2,1-2H3,(H,18,19). The number of alkyl halides is 3. The van der Waals surface area contributed by atoms with Crippen LogP contribution in [-0.2, 0) is 11.0 Å². The Morgan fingerprint density at radius 1 is 1.47 bits per heavy atom. The fourth-order valence-corrected chi connectivity index (χ4v) is 1.61. The number of anilines is 1. The van der Waals surface area contributed by atoms with Gasteiger partial charge in [0.25, 0.3) is 0 Å². The lowest BCUT2D eigenvalue weighted by molar-refractivity contribution is -0.138. The molecule has 0 amide bonds. The Balaban J connectivity index is 2.99. The van der Waals surface area contributed by atoms with Gasteiger partial charge in [0, 0.05) is 18.8 Å². The Morgan fingerprint density at radius 3 is 2.58 bits per heavy atom. The molecule has 0 aliphatic carbocycles. The largest absolute Gasteiger partial charge is 0.481 e. The maximum atomic E-state index is 12.6. The molecule has 0 aliphatic heterocycles. The molecule has 0 atom stereocenters. The highest BCUT2D eigenvalue weighted by Gasteiger charge is 2.31. The van der Waals surface area contributed by atoms with E-state index in [0.717, 1.165) is 18.3 Å². The molecule has 0 saturated heterocycles. The second-order valence-corrected chi connectivity index (χ2v) is 4.33. The van der Waals surface area contributed by atoms with Crippen LogP contribution in [0.25, 0.3) is 0 Å². The predicted octanol–water partition coefficient (Wildman–Crippen LogP) is 2.79. The number of hydrogen-bond acceptors (Lipinski definition) is 3. The smallest absolute Gasteiger partial charge is 0.416 e. The van der Waals surface area contributed by atoms with Gasteiger partial charge >= 0.3 is 12.1 Å². The van der Waals surface area contributed by atoms with E-state index in [1.54, 1.807) is 13.8 Å². The second-order valence-electron chi connectivity index (χ2n) is 4.33. The number of aromatic nitrogens is 1. The zero-order valence-corrected chi connectivity index (χ0v) is 10.6. The summed E-state index contributed by atoms with van der Waals surface area (Å²) >= 11 is 0. The van der Waals surface area contributed by atoms with Crippen LogP contribution >= 0.6 is 0 Å². The molecule has 106 valence electrons. The first kappa shape index (κ1) is 15.3. The second kappa shape index (κ2) is 5.90. The summed E-state index contributed by atoms with van der Waals surface area (Å²) in [5.41, 5.74) is -0.793. The number of aliphatic carboxylic acids is 1. The molecule has 0 bridgehead atoms. The molecule has 0 saturated carbocycles. The van der Waals surface area contributed by atoms with Crippen molar-refractivity contribution in [1.29, 1.82) is 0 Å². The summed E-state index contributed by atoms with van der Waals surface area (Å²) in [6, 6.07) is 1.68. The number of pyridine rings is 1. The normalized spacial score (nSPS) is 11.7. The van der Waals surface area contributed by atoms with E-state index in [2.05, 4.69) is 4.98 Å². The molecule has 19 heavy (non-hydrogen) atoms. The van der Waals surface area contributed by atoms with E-state index in [1.165, 1.54) is 4.90 Å². The Hall–Kier alpha value is -1.79. The number of halogens is 3. The Bertz CT molecular complexity index is 447. The highest BCUT2D eigenvalue weighted by Crippen LogP contribution is 2.31. The van der Waals surface area contributed by atoms with Crippen molar-refractivity contribution < 1.29 is 23.1 Å². The van der Waals surface area contributed by atoms with E-state index in [4.69, 9.17) is 5.11 Å². The van der Waals surface area contributed by atoms with Gasteiger partial charge in [-0.25, -0.2) is 4.98 Å². The molecule has 0 fully saturated rings. The van der Waals surface area contributed by atoms with E-state index in [-0.39, 0.29) is 24.8 Å². The van der Waals surface area contributed by atoms with Crippen LogP contribution in [0.3, 0.4) is 0 Å². The van der Waals surface area contributed by atoms with Gasteiger partial charge in [-0.05, 0) is 26.0 Å². The molecule has 1 aromatic rings. The van der Waals surface area contributed by atoms with Gasteiger partial charge in [0.2, 0.25) is 0 Å². The number of carboxylic acid groups (broad SMARTS) is 1. The Morgan fingerprint density at radius 2 is 2.11 bits per heavy atom. The van der Waals surface area contributed by atoms with Crippen LogP contribution in [0.5, 0.6) is 0 Å². The van der Waals surface area contributed by atoms with Crippen molar-refractivity contribution in [1.82, 2.24) is 4.98 Å². The van der Waals surface area contributed by atoms with Crippen molar-refractivity contribution >= 4 is 11.8 Å². The molecule has 0 aliphatic rings. The highest BCUT2D eigenvalue weighted by atomic mass is 19.4. The van der Waals surface area contributed by atoms with Gasteiger partial charge in [-0.15, -0.1) is 0 Å². The van der Waals surface area contributed by atoms with Gasteiger partial charge in [0.05, 0.1) is 12.0 Å². The lowest BCUT2D eigenvalue weighted by atomic mass is 10.2. The zero-order chi connectivity index (χ0) is 14.6. The monoisotopic (exact) mass is 276 g/mol. The Kier molecular flexibility index (Phi) is 4.74. The summed E-state index contributed by atoms with van der Waals surface area (Å²) in [5, 5.41) is 8.65. The van der Waals surface area contributed by atoms with Gasteiger partial charge in [-0.3, -0.25) is 4.79 Å². The third kappa shape index (κ3) is 4.42. The molecule has 4 nitrogen and oxygen atoms in total. The lowest BCUT2D eigenvalue weighted by Crippen LogP contribution is -2.33. The van der Waals surface area contributed by atoms with Crippen molar-refractivity contribution in [2.24, 2.45) is 0 Å². The number of nitrogens with zero attached hydrogens (tertiary/aromatic N) is 2. The van der Waals surface area contributed by atoms with E-state index < -0.39 is 17.7 Å². The minimum Gasteiger partial charge on any atom is -0.481 e. The molecule has 7 heteroatoms. The van der Waals surface area contributed by atoms with Crippen LogP contribution in [0.4, 0.5) is 19.0 Å². The fourth-order valence-electron chi connectivity index (χ4n) is 1.61. The van der Waals surface area contributed by atoms with Crippen molar-refractivity contribution in [3.05, 3.63) is 23.9 Å². The van der Waals surface area contributed by atoms with E-state index in [0.29, 0.717) is 0 Å².